The number of hydrogen-bond acceptors (Lipinski definition) is 7. The minimum absolute atomic E-state index is 0.125. The Bertz CT molecular complexity index is 1090. The second-order valence-electron chi connectivity index (χ2n) is 5.77. The molecule has 0 saturated carbocycles. The van der Waals surface area contributed by atoms with Gasteiger partial charge in [-0.2, -0.15) is 5.10 Å². The average molecular weight is 383 g/mol. The highest BCUT2D eigenvalue weighted by atomic mass is 16.6. The van der Waals surface area contributed by atoms with E-state index < -0.39 is 10.8 Å². The number of fused-ring (bicyclic) bond motifs is 1. The maximum atomic E-state index is 12.4. The number of carbonyl (C=O) groups excluding carboxylic acids is 1. The number of amides is 1. The van der Waals surface area contributed by atoms with Gasteiger partial charge in [0.2, 0.25) is 0 Å². The zero-order valence-corrected chi connectivity index (χ0v) is 15.4. The number of furan rings is 1. The van der Waals surface area contributed by atoms with Crippen LogP contribution in [0.1, 0.15) is 21.7 Å². The van der Waals surface area contributed by atoms with E-state index in [1.807, 2.05) is 12.1 Å². The van der Waals surface area contributed by atoms with Crippen LogP contribution >= 0.6 is 0 Å². The third-order valence-electron chi connectivity index (χ3n) is 4.15. The Kier molecular flexibility index (Phi) is 5.25. The van der Waals surface area contributed by atoms with Crippen molar-refractivity contribution in [2.24, 2.45) is 5.10 Å². The van der Waals surface area contributed by atoms with Crippen molar-refractivity contribution in [1.29, 1.82) is 0 Å². The summed E-state index contributed by atoms with van der Waals surface area (Å²) >= 11 is 0. The summed E-state index contributed by atoms with van der Waals surface area (Å²) in [5, 5.41) is 15.9. The molecule has 0 fully saturated rings. The normalized spacial score (nSPS) is 11.0. The quantitative estimate of drug-likeness (QED) is 0.396. The third kappa shape index (κ3) is 3.50. The Balaban J connectivity index is 1.86. The van der Waals surface area contributed by atoms with Crippen LogP contribution < -0.4 is 14.9 Å². The highest BCUT2D eigenvalue weighted by Gasteiger charge is 2.19. The molecule has 0 aliphatic heterocycles. The predicted molar refractivity (Wildman–Crippen MR) is 102 cm³/mol. The lowest BCUT2D eigenvalue weighted by Crippen LogP contribution is -2.17. The second kappa shape index (κ2) is 7.78. The molecule has 0 spiro atoms. The highest BCUT2D eigenvalue weighted by Crippen LogP contribution is 2.33. The molecular weight excluding hydrogens is 366 g/mol. The van der Waals surface area contributed by atoms with E-state index in [1.54, 1.807) is 19.1 Å². The van der Waals surface area contributed by atoms with Gasteiger partial charge in [0.1, 0.15) is 5.58 Å². The topological polar surface area (TPSA) is 116 Å². The van der Waals surface area contributed by atoms with Crippen molar-refractivity contribution >= 4 is 28.8 Å². The molecule has 0 aliphatic carbocycles. The number of rotatable bonds is 6. The molecule has 0 unspecified atom stereocenters. The number of nitro groups is 1. The van der Waals surface area contributed by atoms with E-state index in [2.05, 4.69) is 10.5 Å². The zero-order valence-electron chi connectivity index (χ0n) is 15.4. The van der Waals surface area contributed by atoms with Gasteiger partial charge in [-0.1, -0.05) is 18.2 Å². The highest BCUT2D eigenvalue weighted by molar-refractivity contribution is 5.99. The van der Waals surface area contributed by atoms with Crippen LogP contribution in [0.4, 0.5) is 5.69 Å². The molecule has 0 bridgehead atoms. The van der Waals surface area contributed by atoms with Crippen LogP contribution in [0.15, 0.2) is 45.9 Å². The monoisotopic (exact) mass is 383 g/mol. The van der Waals surface area contributed by atoms with Crippen LogP contribution in [0, 0.1) is 17.0 Å². The van der Waals surface area contributed by atoms with E-state index in [9.17, 15) is 14.9 Å². The van der Waals surface area contributed by atoms with Gasteiger partial charge >= 0.3 is 5.91 Å². The number of hydrogen-bond donors (Lipinski definition) is 1. The van der Waals surface area contributed by atoms with Gasteiger partial charge in [-0.3, -0.25) is 14.9 Å². The van der Waals surface area contributed by atoms with Crippen LogP contribution in [0.25, 0.3) is 11.0 Å². The molecule has 0 aliphatic rings. The average Bonchev–Trinajstić information content (AvgIpc) is 3.04. The summed E-state index contributed by atoms with van der Waals surface area (Å²) < 4.78 is 15.8. The van der Waals surface area contributed by atoms with Crippen molar-refractivity contribution < 1.29 is 23.6 Å². The van der Waals surface area contributed by atoms with Crippen molar-refractivity contribution in [3.05, 3.63) is 63.4 Å². The van der Waals surface area contributed by atoms with Crippen LogP contribution in [-0.2, 0) is 0 Å². The van der Waals surface area contributed by atoms with E-state index in [0.29, 0.717) is 16.9 Å². The smallest absolute Gasteiger partial charge is 0.307 e. The standard InChI is InChI=1S/C19H17N3O6/c1-11-13-6-4-5-7-15(13)28-18(11)19(23)21-20-10-12-8-16(26-2)17(27-3)9-14(12)22(24)25/h4-10H,1-3H3,(H,21,23)/b20-10-. The van der Waals surface area contributed by atoms with E-state index >= 15 is 0 Å². The molecule has 2 aromatic carbocycles. The van der Waals surface area contributed by atoms with E-state index in [0.717, 1.165) is 11.6 Å². The number of benzene rings is 2. The largest absolute Gasteiger partial charge is 0.493 e. The first-order chi connectivity index (χ1) is 13.5. The fraction of sp³-hybridized carbons (Fsp3) is 0.158. The van der Waals surface area contributed by atoms with Crippen molar-refractivity contribution in [3.63, 3.8) is 0 Å². The first-order valence-corrected chi connectivity index (χ1v) is 8.18. The zero-order chi connectivity index (χ0) is 20.3. The van der Waals surface area contributed by atoms with Gasteiger partial charge < -0.3 is 13.9 Å². The summed E-state index contributed by atoms with van der Waals surface area (Å²) in [4.78, 5) is 23.1. The third-order valence-corrected chi connectivity index (χ3v) is 4.15. The van der Waals surface area contributed by atoms with Gasteiger partial charge in [0.15, 0.2) is 17.3 Å². The van der Waals surface area contributed by atoms with Gasteiger partial charge in [-0.15, -0.1) is 0 Å². The number of aryl methyl sites for hydroxylation is 1. The van der Waals surface area contributed by atoms with E-state index in [4.69, 9.17) is 13.9 Å². The fourth-order valence-electron chi connectivity index (χ4n) is 2.75. The van der Waals surface area contributed by atoms with Gasteiger partial charge in [-0.05, 0) is 19.1 Å². The molecule has 1 N–H and O–H groups in total. The molecule has 9 nitrogen and oxygen atoms in total. The summed E-state index contributed by atoms with van der Waals surface area (Å²) in [6.45, 7) is 1.77. The Hall–Kier alpha value is -3.88. The molecule has 3 rings (SSSR count). The number of ether oxygens (including phenoxy) is 2. The summed E-state index contributed by atoms with van der Waals surface area (Å²) in [6, 6.07) is 9.89. The SMILES string of the molecule is COc1cc(/C=N\NC(=O)c2oc3ccccc3c2C)c([N+](=O)[O-])cc1OC. The minimum atomic E-state index is -0.575. The van der Waals surface area contributed by atoms with Crippen molar-refractivity contribution in [1.82, 2.24) is 5.43 Å². The molecule has 1 amide bonds. The molecule has 0 atom stereocenters. The number of methoxy groups -OCH3 is 2. The van der Waals surface area contributed by atoms with Crippen molar-refractivity contribution in [3.8, 4) is 11.5 Å². The van der Waals surface area contributed by atoms with Crippen LogP contribution in [0.5, 0.6) is 11.5 Å². The number of carbonyl (C=O) groups is 1. The molecule has 1 heterocycles. The number of nitrogens with zero attached hydrogens (tertiary/aromatic N) is 2. The van der Waals surface area contributed by atoms with Gasteiger partial charge in [0, 0.05) is 10.9 Å². The first-order valence-electron chi connectivity index (χ1n) is 8.18. The summed E-state index contributed by atoms with van der Waals surface area (Å²) in [5.74, 6) is 0.0792. The first kappa shape index (κ1) is 18.9. The summed E-state index contributed by atoms with van der Waals surface area (Å²) in [6.07, 6.45) is 1.16. The van der Waals surface area contributed by atoms with Crippen molar-refractivity contribution in [2.45, 2.75) is 6.92 Å². The molecule has 1 aromatic heterocycles. The van der Waals surface area contributed by atoms with Gasteiger partial charge in [0.05, 0.1) is 37.0 Å². The molecular formula is C19H17N3O6. The number of para-hydroxylation sites is 1. The predicted octanol–water partition coefficient (Wildman–Crippen LogP) is 3.43. The Morgan fingerprint density at radius 3 is 2.54 bits per heavy atom. The Morgan fingerprint density at radius 2 is 1.89 bits per heavy atom. The number of nitro benzene ring substituents is 1. The maximum absolute atomic E-state index is 12.4. The number of hydrazone groups is 1. The van der Waals surface area contributed by atoms with E-state index in [-0.39, 0.29) is 22.8 Å². The lowest BCUT2D eigenvalue weighted by Gasteiger charge is -2.08. The number of nitrogens with one attached hydrogen (secondary N) is 1. The lowest BCUT2D eigenvalue weighted by atomic mass is 10.1. The Labute approximate surface area is 159 Å². The van der Waals surface area contributed by atoms with Gasteiger partial charge in [0.25, 0.3) is 5.69 Å². The summed E-state index contributed by atoms with van der Waals surface area (Å²) in [7, 11) is 2.79. The molecule has 0 radical (unpaired) electrons. The maximum Gasteiger partial charge on any atom is 0.307 e. The Morgan fingerprint density at radius 1 is 1.21 bits per heavy atom. The van der Waals surface area contributed by atoms with Crippen LogP contribution in [0.3, 0.4) is 0 Å². The lowest BCUT2D eigenvalue weighted by molar-refractivity contribution is -0.385. The van der Waals surface area contributed by atoms with E-state index in [1.165, 1.54) is 26.4 Å². The molecule has 0 saturated heterocycles. The fourth-order valence-corrected chi connectivity index (χ4v) is 2.75. The molecule has 28 heavy (non-hydrogen) atoms. The van der Waals surface area contributed by atoms with Crippen molar-refractivity contribution in [2.75, 3.05) is 14.2 Å². The molecule has 3 aromatic rings. The molecule has 9 heteroatoms. The molecule has 144 valence electrons. The van der Waals surface area contributed by atoms with Crippen LogP contribution in [-0.4, -0.2) is 31.3 Å². The summed E-state index contributed by atoms with van der Waals surface area (Å²) in [5.41, 5.74) is 3.49. The van der Waals surface area contributed by atoms with Gasteiger partial charge in [-0.25, -0.2) is 5.43 Å². The minimum Gasteiger partial charge on any atom is -0.493 e. The second-order valence-corrected chi connectivity index (χ2v) is 5.77. The van der Waals surface area contributed by atoms with Crippen LogP contribution in [0.2, 0.25) is 0 Å².